The zero-order valence-corrected chi connectivity index (χ0v) is 15.1. The van der Waals surface area contributed by atoms with Crippen LogP contribution in [-0.4, -0.2) is 27.0 Å². The fraction of sp³-hybridized carbons (Fsp3) is 0.167. The Hall–Kier alpha value is -2.81. The smallest absolute Gasteiger partial charge is 0.354 e. The van der Waals surface area contributed by atoms with E-state index in [4.69, 9.17) is 0 Å². The number of hydrogen-bond donors (Lipinski definition) is 2. The Morgan fingerprint density at radius 2 is 1.81 bits per heavy atom. The molecule has 3 aromatic rings. The van der Waals surface area contributed by atoms with E-state index < -0.39 is 5.51 Å². The number of pyridine rings is 1. The van der Waals surface area contributed by atoms with Crippen molar-refractivity contribution in [2.24, 2.45) is 0 Å². The average molecular weight is 391 g/mol. The van der Waals surface area contributed by atoms with Crippen molar-refractivity contribution in [1.82, 2.24) is 15.0 Å². The van der Waals surface area contributed by atoms with E-state index in [2.05, 4.69) is 25.6 Å². The van der Waals surface area contributed by atoms with Crippen LogP contribution in [0.15, 0.2) is 59.8 Å². The summed E-state index contributed by atoms with van der Waals surface area (Å²) in [6, 6.07) is 11.5. The summed E-state index contributed by atoms with van der Waals surface area (Å²) in [5.41, 5.74) is -2.30. The zero-order chi connectivity index (χ0) is 19.3. The molecule has 140 valence electrons. The molecular formula is C18H16F3N5S. The van der Waals surface area contributed by atoms with E-state index in [1.54, 1.807) is 30.6 Å². The third kappa shape index (κ3) is 5.58. The van der Waals surface area contributed by atoms with Crippen LogP contribution in [0.5, 0.6) is 0 Å². The largest absolute Gasteiger partial charge is 0.446 e. The van der Waals surface area contributed by atoms with Crippen molar-refractivity contribution in [2.75, 3.05) is 17.2 Å². The first-order chi connectivity index (χ1) is 12.9. The number of hydrogen-bond acceptors (Lipinski definition) is 6. The molecule has 0 spiro atoms. The van der Waals surface area contributed by atoms with E-state index in [9.17, 15) is 13.2 Å². The van der Waals surface area contributed by atoms with Gasteiger partial charge in [0.05, 0.1) is 5.69 Å². The van der Waals surface area contributed by atoms with Gasteiger partial charge in [0.15, 0.2) is 0 Å². The lowest BCUT2D eigenvalue weighted by Gasteiger charge is -2.12. The maximum absolute atomic E-state index is 12.6. The molecule has 9 heteroatoms. The van der Waals surface area contributed by atoms with E-state index in [1.165, 1.54) is 12.1 Å². The molecule has 0 aliphatic heterocycles. The molecule has 1 aromatic carbocycles. The second-order valence-electron chi connectivity index (χ2n) is 5.43. The van der Waals surface area contributed by atoms with Gasteiger partial charge in [-0.1, -0.05) is 6.07 Å². The lowest BCUT2D eigenvalue weighted by molar-refractivity contribution is -0.0328. The Morgan fingerprint density at radius 1 is 1.04 bits per heavy atom. The Labute approximate surface area is 158 Å². The molecule has 0 radical (unpaired) electrons. The van der Waals surface area contributed by atoms with Gasteiger partial charge in [-0.05, 0) is 49.0 Å². The number of aromatic nitrogens is 3. The van der Waals surface area contributed by atoms with Gasteiger partial charge in [0, 0.05) is 41.2 Å². The van der Waals surface area contributed by atoms with E-state index in [1.807, 2.05) is 19.1 Å². The maximum Gasteiger partial charge on any atom is 0.446 e. The van der Waals surface area contributed by atoms with Crippen molar-refractivity contribution in [3.63, 3.8) is 0 Å². The minimum Gasteiger partial charge on any atom is -0.354 e. The van der Waals surface area contributed by atoms with Gasteiger partial charge in [0.2, 0.25) is 5.95 Å². The predicted molar refractivity (Wildman–Crippen MR) is 101 cm³/mol. The van der Waals surface area contributed by atoms with E-state index in [-0.39, 0.29) is 16.7 Å². The molecule has 3 rings (SSSR count). The normalized spacial score (nSPS) is 11.3. The van der Waals surface area contributed by atoms with E-state index in [0.29, 0.717) is 29.7 Å². The van der Waals surface area contributed by atoms with Crippen molar-refractivity contribution < 1.29 is 13.2 Å². The van der Waals surface area contributed by atoms with Crippen molar-refractivity contribution in [3.8, 4) is 11.3 Å². The Kier molecular flexibility index (Phi) is 5.80. The van der Waals surface area contributed by atoms with Crippen molar-refractivity contribution >= 4 is 29.2 Å². The summed E-state index contributed by atoms with van der Waals surface area (Å²) in [5, 5.41) is 6.11. The molecule has 0 unspecified atom stereocenters. The first-order valence-electron chi connectivity index (χ1n) is 8.09. The number of benzene rings is 1. The average Bonchev–Trinajstić information content (AvgIpc) is 2.61. The highest BCUT2D eigenvalue weighted by Crippen LogP contribution is 2.37. The maximum atomic E-state index is 12.6. The third-order valence-corrected chi connectivity index (χ3v) is 4.10. The Bertz CT molecular complexity index is 903. The number of thioether (sulfide) groups is 1. The lowest BCUT2D eigenvalue weighted by atomic mass is 10.2. The molecule has 27 heavy (non-hydrogen) atoms. The van der Waals surface area contributed by atoms with Gasteiger partial charge in [-0.3, -0.25) is 4.98 Å². The van der Waals surface area contributed by atoms with Crippen LogP contribution < -0.4 is 10.6 Å². The second-order valence-corrected chi connectivity index (χ2v) is 6.57. The summed E-state index contributed by atoms with van der Waals surface area (Å²) in [6.07, 6.45) is 3.32. The topological polar surface area (TPSA) is 62.7 Å². The van der Waals surface area contributed by atoms with Crippen molar-refractivity contribution in [1.29, 1.82) is 0 Å². The van der Waals surface area contributed by atoms with Crippen molar-refractivity contribution in [3.05, 3.63) is 54.9 Å². The number of nitrogens with zero attached hydrogens (tertiary/aromatic N) is 3. The first-order valence-corrected chi connectivity index (χ1v) is 8.91. The second kappa shape index (κ2) is 8.26. The number of halogens is 3. The summed E-state index contributed by atoms with van der Waals surface area (Å²) in [6.45, 7) is 2.56. The summed E-state index contributed by atoms with van der Waals surface area (Å²) in [7, 11) is 0. The van der Waals surface area contributed by atoms with Crippen LogP contribution in [0.3, 0.4) is 0 Å². The Balaban J connectivity index is 1.90. The van der Waals surface area contributed by atoms with Crippen LogP contribution in [0.25, 0.3) is 11.3 Å². The summed E-state index contributed by atoms with van der Waals surface area (Å²) < 4.78 is 37.8. The molecule has 2 heterocycles. The molecule has 2 aromatic heterocycles. The number of anilines is 3. The van der Waals surface area contributed by atoms with Crippen LogP contribution in [0.4, 0.5) is 30.6 Å². The third-order valence-electron chi connectivity index (χ3n) is 3.38. The predicted octanol–water partition coefficient (Wildman–Crippen LogP) is 5.33. The van der Waals surface area contributed by atoms with E-state index >= 15 is 0 Å². The molecule has 0 fully saturated rings. The molecule has 2 N–H and O–H groups in total. The molecule has 0 aliphatic rings. The number of nitrogens with one attached hydrogen (secondary N) is 2. The molecule has 0 bridgehead atoms. The monoisotopic (exact) mass is 391 g/mol. The minimum absolute atomic E-state index is 0.0998. The van der Waals surface area contributed by atoms with Crippen LogP contribution in [-0.2, 0) is 0 Å². The first kappa shape index (κ1) is 19.0. The minimum atomic E-state index is -4.33. The fourth-order valence-corrected chi connectivity index (χ4v) is 2.94. The highest BCUT2D eigenvalue weighted by atomic mass is 32.2. The van der Waals surface area contributed by atoms with Gasteiger partial charge in [-0.25, -0.2) is 4.98 Å². The molecule has 0 saturated heterocycles. The van der Waals surface area contributed by atoms with Crippen molar-refractivity contribution in [2.45, 2.75) is 17.3 Å². The quantitative estimate of drug-likeness (QED) is 0.554. The zero-order valence-electron chi connectivity index (χ0n) is 14.3. The van der Waals surface area contributed by atoms with E-state index in [0.717, 1.165) is 5.56 Å². The van der Waals surface area contributed by atoms with Gasteiger partial charge in [-0.2, -0.15) is 18.2 Å². The van der Waals surface area contributed by atoms with Crippen LogP contribution in [0.2, 0.25) is 0 Å². The number of alkyl halides is 3. The van der Waals surface area contributed by atoms with Crippen LogP contribution in [0, 0.1) is 0 Å². The fourth-order valence-electron chi connectivity index (χ4n) is 2.34. The van der Waals surface area contributed by atoms with Gasteiger partial charge in [0.25, 0.3) is 0 Å². The van der Waals surface area contributed by atoms with Gasteiger partial charge in [0.1, 0.15) is 5.82 Å². The molecule has 5 nitrogen and oxygen atoms in total. The van der Waals surface area contributed by atoms with Gasteiger partial charge < -0.3 is 10.6 Å². The summed E-state index contributed by atoms with van der Waals surface area (Å²) >= 11 is -0.155. The van der Waals surface area contributed by atoms with Crippen LogP contribution in [0.1, 0.15) is 6.92 Å². The lowest BCUT2D eigenvalue weighted by Crippen LogP contribution is -2.05. The summed E-state index contributed by atoms with van der Waals surface area (Å²) in [5.74, 6) is 0.900. The molecule has 0 amide bonds. The Morgan fingerprint density at radius 3 is 2.52 bits per heavy atom. The molecule has 0 aliphatic carbocycles. The van der Waals surface area contributed by atoms with Crippen LogP contribution >= 0.6 is 11.8 Å². The molecular weight excluding hydrogens is 375 g/mol. The SMILES string of the molecule is CCNc1nc(Nc2cccc(SC(F)(F)F)c2)cc(-c2ccncc2)n1. The standard InChI is InChI=1S/C18H16F3N5S/c1-2-23-17-25-15(12-6-8-22-9-7-12)11-16(26-17)24-13-4-3-5-14(10-13)27-18(19,20)21/h3-11H,2H2,1H3,(H2,23,24,25,26). The molecule has 0 atom stereocenters. The highest BCUT2D eigenvalue weighted by molar-refractivity contribution is 8.00. The highest BCUT2D eigenvalue weighted by Gasteiger charge is 2.29. The summed E-state index contributed by atoms with van der Waals surface area (Å²) in [4.78, 5) is 12.9. The van der Waals surface area contributed by atoms with Gasteiger partial charge in [-0.15, -0.1) is 0 Å². The number of rotatable bonds is 6. The molecule has 0 saturated carbocycles. The van der Waals surface area contributed by atoms with Gasteiger partial charge >= 0.3 is 5.51 Å².